The van der Waals surface area contributed by atoms with Gasteiger partial charge in [-0.15, -0.1) is 0 Å². The van der Waals surface area contributed by atoms with E-state index in [4.69, 9.17) is 0 Å². The summed E-state index contributed by atoms with van der Waals surface area (Å²) >= 11 is 0. The lowest BCUT2D eigenvalue weighted by atomic mass is 9.91. The molecule has 0 spiro atoms. The summed E-state index contributed by atoms with van der Waals surface area (Å²) in [4.78, 5) is 0. The number of aryl methyl sites for hydroxylation is 1. The molecule has 0 saturated carbocycles. The van der Waals surface area contributed by atoms with Crippen LogP contribution in [0.2, 0.25) is 0 Å². The molecule has 0 unspecified atom stereocenters. The smallest absolute Gasteiger partial charge is 0.00170 e. The first kappa shape index (κ1) is 13.1. The highest BCUT2D eigenvalue weighted by molar-refractivity contribution is 5.80. The van der Waals surface area contributed by atoms with Gasteiger partial charge in [0.05, 0.1) is 0 Å². The Hall–Kier alpha value is -1.56. The molecule has 108 valence electrons. The third kappa shape index (κ3) is 2.21. The Labute approximate surface area is 127 Å². The minimum atomic E-state index is 1.16. The second-order valence-electron chi connectivity index (χ2n) is 6.67. The van der Waals surface area contributed by atoms with Gasteiger partial charge in [0.25, 0.3) is 0 Å². The van der Waals surface area contributed by atoms with Gasteiger partial charge in [0, 0.05) is 0 Å². The Bertz CT molecular complexity index is 756. The van der Waals surface area contributed by atoms with Crippen LogP contribution in [0.15, 0.2) is 41.0 Å². The van der Waals surface area contributed by atoms with Gasteiger partial charge in [0.2, 0.25) is 0 Å². The summed E-state index contributed by atoms with van der Waals surface area (Å²) in [5, 5.41) is 3.00. The number of hydrogen-bond donors (Lipinski definition) is 0. The van der Waals surface area contributed by atoms with Crippen LogP contribution in [-0.4, -0.2) is 0 Å². The fraction of sp³-hybridized carbons (Fsp3) is 0.429. The second kappa shape index (κ2) is 5.33. The van der Waals surface area contributed by atoms with E-state index in [1.54, 1.807) is 22.3 Å². The van der Waals surface area contributed by atoms with Gasteiger partial charge in [-0.25, -0.2) is 0 Å². The molecule has 0 fully saturated rings. The van der Waals surface area contributed by atoms with Crippen molar-refractivity contribution in [3.63, 3.8) is 0 Å². The molecule has 0 heteroatoms. The topological polar surface area (TPSA) is 0 Å². The summed E-state index contributed by atoms with van der Waals surface area (Å²) in [6.07, 6.45) is 15.0. The predicted molar refractivity (Wildman–Crippen MR) is 90.4 cm³/mol. The Balaban J connectivity index is 1.86. The van der Waals surface area contributed by atoms with E-state index in [-0.39, 0.29) is 0 Å². The molecule has 0 N–H and O–H groups in total. The Morgan fingerprint density at radius 2 is 2.00 bits per heavy atom. The van der Waals surface area contributed by atoms with Gasteiger partial charge in [0.1, 0.15) is 0 Å². The second-order valence-corrected chi connectivity index (χ2v) is 6.67. The van der Waals surface area contributed by atoms with Gasteiger partial charge in [-0.3, -0.25) is 0 Å². The van der Waals surface area contributed by atoms with Crippen LogP contribution in [-0.2, 0) is 6.42 Å². The quantitative estimate of drug-likeness (QED) is 0.777. The molecule has 0 bridgehead atoms. The first-order chi connectivity index (χ1) is 10.4. The SMILES string of the molecule is CCCCc1ccc2c(c1)=C1CC3=CCCCC3=C1CC=2. The highest BCUT2D eigenvalue weighted by atomic mass is 14.3. The molecule has 3 aliphatic rings. The van der Waals surface area contributed by atoms with Crippen LogP contribution in [0.3, 0.4) is 0 Å². The molecule has 0 nitrogen and oxygen atoms in total. The minimum Gasteiger partial charge on any atom is -0.0807 e. The Morgan fingerprint density at radius 1 is 1.05 bits per heavy atom. The lowest BCUT2D eigenvalue weighted by Crippen LogP contribution is -2.30. The molecule has 0 amide bonds. The van der Waals surface area contributed by atoms with E-state index in [0.717, 1.165) is 6.42 Å². The molecule has 0 aliphatic heterocycles. The first-order valence-corrected chi connectivity index (χ1v) is 8.61. The van der Waals surface area contributed by atoms with Crippen LogP contribution in [0.25, 0.3) is 11.6 Å². The molecule has 21 heavy (non-hydrogen) atoms. The van der Waals surface area contributed by atoms with Gasteiger partial charge in [-0.1, -0.05) is 43.7 Å². The lowest BCUT2D eigenvalue weighted by Gasteiger charge is -2.13. The standard InChI is InChI=1S/C21H24/c1-2-3-6-15-9-10-16-11-12-19-18-8-5-4-7-17(18)14-21(19)20(16)13-15/h7,9-11,13H,2-6,8,12,14H2,1H3. The monoisotopic (exact) mass is 276 g/mol. The molecule has 1 aromatic rings. The molecule has 3 aliphatic carbocycles. The molecule has 0 atom stereocenters. The molecule has 4 rings (SSSR count). The molecule has 0 saturated heterocycles. The number of unbranched alkanes of at least 4 members (excludes halogenated alkanes) is 1. The van der Waals surface area contributed by atoms with E-state index in [0.29, 0.717) is 0 Å². The maximum Gasteiger partial charge on any atom is -0.00170 e. The summed E-state index contributed by atoms with van der Waals surface area (Å²) in [5.74, 6) is 0. The number of rotatable bonds is 3. The fourth-order valence-corrected chi connectivity index (χ4v) is 4.14. The first-order valence-electron chi connectivity index (χ1n) is 8.61. The van der Waals surface area contributed by atoms with Crippen molar-refractivity contribution in [3.8, 4) is 0 Å². The van der Waals surface area contributed by atoms with Crippen LogP contribution in [0.1, 0.15) is 57.4 Å². The van der Waals surface area contributed by atoms with E-state index >= 15 is 0 Å². The van der Waals surface area contributed by atoms with Crippen molar-refractivity contribution in [1.82, 2.24) is 0 Å². The van der Waals surface area contributed by atoms with E-state index in [9.17, 15) is 0 Å². The molecule has 0 radical (unpaired) electrons. The number of fused-ring (bicyclic) bond motifs is 3. The zero-order valence-electron chi connectivity index (χ0n) is 13.0. The van der Waals surface area contributed by atoms with Crippen molar-refractivity contribution in [1.29, 1.82) is 0 Å². The summed E-state index contributed by atoms with van der Waals surface area (Å²) in [5.41, 5.74) is 8.17. The molecular weight excluding hydrogens is 252 g/mol. The van der Waals surface area contributed by atoms with E-state index < -0.39 is 0 Å². The van der Waals surface area contributed by atoms with Crippen molar-refractivity contribution in [2.24, 2.45) is 0 Å². The maximum atomic E-state index is 2.50. The molecular formula is C21H24. The van der Waals surface area contributed by atoms with Crippen LogP contribution in [0.4, 0.5) is 0 Å². The summed E-state index contributed by atoms with van der Waals surface area (Å²) in [6.45, 7) is 2.28. The van der Waals surface area contributed by atoms with Crippen molar-refractivity contribution in [2.75, 3.05) is 0 Å². The summed E-state index contributed by atoms with van der Waals surface area (Å²) < 4.78 is 0. The van der Waals surface area contributed by atoms with Crippen molar-refractivity contribution < 1.29 is 0 Å². The average molecular weight is 276 g/mol. The Kier molecular flexibility index (Phi) is 3.33. The average Bonchev–Trinajstić information content (AvgIpc) is 2.92. The third-order valence-electron chi connectivity index (χ3n) is 5.29. The number of allylic oxidation sites excluding steroid dienone is 4. The highest BCUT2D eigenvalue weighted by Gasteiger charge is 2.26. The van der Waals surface area contributed by atoms with E-state index in [1.807, 2.05) is 0 Å². The molecule has 1 aromatic carbocycles. The molecule has 0 heterocycles. The lowest BCUT2D eigenvalue weighted by molar-refractivity contribution is 0.794. The predicted octanol–water partition coefficient (Wildman–Crippen LogP) is 4.17. The largest absolute Gasteiger partial charge is 0.0807 e. The summed E-state index contributed by atoms with van der Waals surface area (Å²) in [6, 6.07) is 7.17. The third-order valence-corrected chi connectivity index (χ3v) is 5.29. The molecule has 0 aromatic heterocycles. The van der Waals surface area contributed by atoms with Gasteiger partial charge in [-0.2, -0.15) is 0 Å². The zero-order valence-corrected chi connectivity index (χ0v) is 13.0. The highest BCUT2D eigenvalue weighted by Crippen LogP contribution is 2.43. The number of hydrogen-bond acceptors (Lipinski definition) is 0. The van der Waals surface area contributed by atoms with Gasteiger partial charge < -0.3 is 0 Å². The van der Waals surface area contributed by atoms with Crippen molar-refractivity contribution in [3.05, 3.63) is 57.0 Å². The van der Waals surface area contributed by atoms with E-state index in [1.165, 1.54) is 60.9 Å². The fourth-order valence-electron chi connectivity index (χ4n) is 4.14. The Morgan fingerprint density at radius 3 is 2.90 bits per heavy atom. The van der Waals surface area contributed by atoms with Crippen LogP contribution < -0.4 is 10.4 Å². The van der Waals surface area contributed by atoms with E-state index in [2.05, 4.69) is 37.3 Å². The zero-order chi connectivity index (χ0) is 14.2. The number of benzene rings is 1. The van der Waals surface area contributed by atoms with Crippen LogP contribution in [0, 0.1) is 0 Å². The minimum absolute atomic E-state index is 1.16. The van der Waals surface area contributed by atoms with Gasteiger partial charge in [0.15, 0.2) is 0 Å². The van der Waals surface area contributed by atoms with Gasteiger partial charge in [-0.05, 0) is 83.2 Å². The van der Waals surface area contributed by atoms with Crippen molar-refractivity contribution >= 4 is 11.6 Å². The normalized spacial score (nSPS) is 19.7. The summed E-state index contributed by atoms with van der Waals surface area (Å²) in [7, 11) is 0. The maximum absolute atomic E-state index is 2.50. The van der Waals surface area contributed by atoms with Gasteiger partial charge >= 0.3 is 0 Å². The van der Waals surface area contributed by atoms with Crippen molar-refractivity contribution in [2.45, 2.75) is 58.3 Å². The van der Waals surface area contributed by atoms with Crippen LogP contribution in [0.5, 0.6) is 0 Å². The van der Waals surface area contributed by atoms with Crippen LogP contribution >= 0.6 is 0 Å².